The molecule has 28 heavy (non-hydrogen) atoms. The van der Waals surface area contributed by atoms with Crippen molar-refractivity contribution >= 4 is 16.0 Å². The minimum atomic E-state index is -3.05. The van der Waals surface area contributed by atoms with Crippen molar-refractivity contribution in [1.82, 2.24) is 19.8 Å². The molecule has 7 nitrogen and oxygen atoms in total. The Morgan fingerprint density at radius 1 is 1.04 bits per heavy atom. The van der Waals surface area contributed by atoms with Gasteiger partial charge in [0.15, 0.2) is 5.96 Å². The Balaban J connectivity index is 1.43. The monoisotopic (exact) mass is 413 g/mol. The van der Waals surface area contributed by atoms with Crippen molar-refractivity contribution in [2.45, 2.75) is 57.9 Å². The van der Waals surface area contributed by atoms with E-state index in [1.165, 1.54) is 51.4 Å². The molecule has 1 aliphatic carbocycles. The molecule has 162 valence electrons. The second kappa shape index (κ2) is 10.3. The number of sulfonamides is 1. The maximum atomic E-state index is 11.6. The molecule has 0 bridgehead atoms. The molecule has 0 aromatic carbocycles. The zero-order valence-corrected chi connectivity index (χ0v) is 18.5. The Labute approximate surface area is 171 Å². The fourth-order valence-corrected chi connectivity index (χ4v) is 5.71. The molecule has 2 saturated heterocycles. The van der Waals surface area contributed by atoms with Gasteiger partial charge in [-0.15, -0.1) is 0 Å². The van der Waals surface area contributed by atoms with E-state index in [-0.39, 0.29) is 0 Å². The summed E-state index contributed by atoms with van der Waals surface area (Å²) in [5, 5.41) is 7.02. The Kier molecular flexibility index (Phi) is 8.00. The number of hydrogen-bond acceptors (Lipinski definition) is 4. The third kappa shape index (κ3) is 6.59. The van der Waals surface area contributed by atoms with Crippen molar-refractivity contribution in [1.29, 1.82) is 0 Å². The lowest BCUT2D eigenvalue weighted by Gasteiger charge is -2.29. The first kappa shape index (κ1) is 21.8. The van der Waals surface area contributed by atoms with Gasteiger partial charge in [0.05, 0.1) is 6.26 Å². The molecule has 1 unspecified atom stereocenters. The van der Waals surface area contributed by atoms with Crippen LogP contribution < -0.4 is 10.6 Å². The fourth-order valence-electron chi connectivity index (χ4n) is 4.83. The summed E-state index contributed by atoms with van der Waals surface area (Å²) in [6.45, 7) is 8.56. The van der Waals surface area contributed by atoms with Crippen molar-refractivity contribution in [3.05, 3.63) is 0 Å². The average molecular weight is 414 g/mol. The lowest BCUT2D eigenvalue weighted by atomic mass is 9.98. The molecule has 1 saturated carbocycles. The lowest BCUT2D eigenvalue weighted by molar-refractivity contribution is 0.275. The highest BCUT2D eigenvalue weighted by atomic mass is 32.2. The van der Waals surface area contributed by atoms with Crippen molar-refractivity contribution in [2.24, 2.45) is 16.8 Å². The van der Waals surface area contributed by atoms with Gasteiger partial charge >= 0.3 is 0 Å². The first-order valence-electron chi connectivity index (χ1n) is 11.2. The van der Waals surface area contributed by atoms with E-state index >= 15 is 0 Å². The van der Waals surface area contributed by atoms with Crippen LogP contribution in [0.15, 0.2) is 4.99 Å². The van der Waals surface area contributed by atoms with E-state index in [4.69, 9.17) is 4.99 Å². The first-order chi connectivity index (χ1) is 13.4. The Hall–Kier alpha value is -0.860. The van der Waals surface area contributed by atoms with Gasteiger partial charge in [-0.05, 0) is 50.9 Å². The largest absolute Gasteiger partial charge is 0.357 e. The lowest BCUT2D eigenvalue weighted by Crippen LogP contribution is -2.45. The number of nitrogens with one attached hydrogen (secondary N) is 2. The van der Waals surface area contributed by atoms with Gasteiger partial charge < -0.3 is 15.5 Å². The maximum absolute atomic E-state index is 11.6. The topological polar surface area (TPSA) is 77.0 Å². The number of nitrogens with zero attached hydrogens (tertiary/aromatic N) is 3. The summed E-state index contributed by atoms with van der Waals surface area (Å²) < 4.78 is 24.9. The van der Waals surface area contributed by atoms with Gasteiger partial charge in [0.2, 0.25) is 10.0 Å². The SMILES string of the molecule is CCNC(=NCC1CCN(S(C)(=O)=O)CC1)NC1CCN(CC2CCCC2)C1. The Bertz CT molecular complexity index is 610. The summed E-state index contributed by atoms with van der Waals surface area (Å²) in [5.41, 5.74) is 0. The standard InChI is InChI=1S/C20H39N5O2S/c1-3-21-20(22-14-17-8-12-25(13-9-17)28(2,26)27)23-19-10-11-24(16-19)15-18-6-4-5-7-18/h17-19H,3-16H2,1-2H3,(H2,21,22,23). The highest BCUT2D eigenvalue weighted by Crippen LogP contribution is 2.26. The maximum Gasteiger partial charge on any atom is 0.211 e. The van der Waals surface area contributed by atoms with E-state index < -0.39 is 10.0 Å². The third-order valence-electron chi connectivity index (χ3n) is 6.50. The van der Waals surface area contributed by atoms with E-state index in [0.717, 1.165) is 44.4 Å². The van der Waals surface area contributed by atoms with Crippen LogP contribution in [-0.2, 0) is 10.0 Å². The van der Waals surface area contributed by atoms with Gasteiger partial charge in [-0.3, -0.25) is 4.99 Å². The summed E-state index contributed by atoms with van der Waals surface area (Å²) in [6, 6.07) is 0.478. The summed E-state index contributed by atoms with van der Waals surface area (Å²) in [5.74, 6) is 2.30. The first-order valence-corrected chi connectivity index (χ1v) is 13.0. The number of likely N-dealkylation sites (tertiary alicyclic amines) is 1. The smallest absolute Gasteiger partial charge is 0.211 e. The predicted octanol–water partition coefficient (Wildman–Crippen LogP) is 1.48. The molecule has 2 aliphatic heterocycles. The van der Waals surface area contributed by atoms with E-state index in [2.05, 4.69) is 22.5 Å². The van der Waals surface area contributed by atoms with Crippen LogP contribution in [0.25, 0.3) is 0 Å². The molecule has 0 spiro atoms. The molecule has 0 radical (unpaired) electrons. The molecule has 2 heterocycles. The number of guanidine groups is 1. The molecule has 8 heteroatoms. The molecule has 3 rings (SSSR count). The normalized spacial score (nSPS) is 26.8. The number of piperidine rings is 1. The molecule has 0 aromatic heterocycles. The predicted molar refractivity (Wildman–Crippen MR) is 115 cm³/mol. The van der Waals surface area contributed by atoms with Gasteiger partial charge in [0.1, 0.15) is 0 Å². The molecular formula is C20H39N5O2S. The van der Waals surface area contributed by atoms with Crippen LogP contribution in [0.5, 0.6) is 0 Å². The molecule has 3 aliphatic rings. The van der Waals surface area contributed by atoms with Gasteiger partial charge in [-0.1, -0.05) is 12.8 Å². The highest BCUT2D eigenvalue weighted by Gasteiger charge is 2.27. The van der Waals surface area contributed by atoms with Crippen molar-refractivity contribution in [3.63, 3.8) is 0 Å². The molecule has 1 atom stereocenters. The Morgan fingerprint density at radius 2 is 1.75 bits per heavy atom. The van der Waals surface area contributed by atoms with Crippen molar-refractivity contribution in [2.75, 3.05) is 52.1 Å². The average Bonchev–Trinajstić information content (AvgIpc) is 3.32. The summed E-state index contributed by atoms with van der Waals surface area (Å²) in [4.78, 5) is 7.45. The van der Waals surface area contributed by atoms with Gasteiger partial charge in [-0.25, -0.2) is 12.7 Å². The fraction of sp³-hybridized carbons (Fsp3) is 0.950. The molecule has 0 aromatic rings. The molecule has 2 N–H and O–H groups in total. The second-order valence-electron chi connectivity index (χ2n) is 8.87. The van der Waals surface area contributed by atoms with Crippen LogP contribution in [0.4, 0.5) is 0 Å². The van der Waals surface area contributed by atoms with E-state index in [0.29, 0.717) is 25.0 Å². The number of rotatable bonds is 7. The number of aliphatic imine (C=N–C) groups is 1. The third-order valence-corrected chi connectivity index (χ3v) is 7.80. The highest BCUT2D eigenvalue weighted by molar-refractivity contribution is 7.88. The van der Waals surface area contributed by atoms with Gasteiger partial charge in [0.25, 0.3) is 0 Å². The summed E-state index contributed by atoms with van der Waals surface area (Å²) in [6.07, 6.45) is 9.94. The second-order valence-corrected chi connectivity index (χ2v) is 10.8. The van der Waals surface area contributed by atoms with Gasteiger partial charge in [0, 0.05) is 51.9 Å². The molecular weight excluding hydrogens is 374 g/mol. The summed E-state index contributed by atoms with van der Waals surface area (Å²) >= 11 is 0. The zero-order valence-electron chi connectivity index (χ0n) is 17.7. The van der Waals surface area contributed by atoms with Crippen molar-refractivity contribution in [3.8, 4) is 0 Å². The molecule has 0 amide bonds. The molecule has 3 fully saturated rings. The van der Waals surface area contributed by atoms with Crippen LogP contribution in [0, 0.1) is 11.8 Å². The van der Waals surface area contributed by atoms with E-state index in [9.17, 15) is 8.42 Å². The van der Waals surface area contributed by atoms with Crippen LogP contribution >= 0.6 is 0 Å². The quantitative estimate of drug-likeness (QED) is 0.488. The van der Waals surface area contributed by atoms with E-state index in [1.807, 2.05) is 0 Å². The van der Waals surface area contributed by atoms with Gasteiger partial charge in [-0.2, -0.15) is 0 Å². The zero-order chi connectivity index (χ0) is 20.0. The van der Waals surface area contributed by atoms with Crippen LogP contribution in [-0.4, -0.2) is 81.7 Å². The van der Waals surface area contributed by atoms with E-state index in [1.54, 1.807) is 4.31 Å². The van der Waals surface area contributed by atoms with Crippen LogP contribution in [0.2, 0.25) is 0 Å². The Morgan fingerprint density at radius 3 is 2.39 bits per heavy atom. The minimum absolute atomic E-state index is 0.468. The van der Waals surface area contributed by atoms with Crippen LogP contribution in [0.1, 0.15) is 51.9 Å². The summed E-state index contributed by atoms with van der Waals surface area (Å²) in [7, 11) is -3.05. The van der Waals surface area contributed by atoms with Crippen molar-refractivity contribution < 1.29 is 8.42 Å². The van der Waals surface area contributed by atoms with Crippen LogP contribution in [0.3, 0.4) is 0 Å². The number of hydrogen-bond donors (Lipinski definition) is 2. The minimum Gasteiger partial charge on any atom is -0.357 e.